The van der Waals surface area contributed by atoms with Crippen LogP contribution in [-0.4, -0.2) is 20.6 Å². The summed E-state index contributed by atoms with van der Waals surface area (Å²) >= 11 is 0. The van der Waals surface area contributed by atoms with Gasteiger partial charge in [-0.3, -0.25) is 4.79 Å². The lowest BCUT2D eigenvalue weighted by atomic mass is 10.1. The number of nitrogens with two attached hydrogens (primary N) is 1. The van der Waals surface area contributed by atoms with Crippen LogP contribution < -0.4 is 5.73 Å². The largest absolute Gasteiger partial charge is 0.368 e. The van der Waals surface area contributed by atoms with Gasteiger partial charge in [0.25, 0.3) is 0 Å². The Bertz CT molecular complexity index is 433. The van der Waals surface area contributed by atoms with Crippen molar-refractivity contribution in [2.24, 2.45) is 5.73 Å². The zero-order valence-electron chi connectivity index (χ0n) is 8.49. The summed E-state index contributed by atoms with van der Waals surface area (Å²) in [5.41, 5.74) is 5.44. The molecule has 0 saturated carbocycles. The molecule has 0 aliphatic carbocycles. The van der Waals surface area contributed by atoms with Crippen molar-refractivity contribution < 1.29 is 13.2 Å². The molecule has 0 radical (unpaired) electrons. The van der Waals surface area contributed by atoms with E-state index in [0.29, 0.717) is 5.56 Å². The first kappa shape index (κ1) is 17.6. The first-order chi connectivity index (χ1) is 6.43. The highest BCUT2D eigenvalue weighted by molar-refractivity contribution is 7.91. The van der Waals surface area contributed by atoms with Crippen LogP contribution in [-0.2, 0) is 14.6 Å². The van der Waals surface area contributed by atoms with E-state index in [2.05, 4.69) is 0 Å². The van der Waals surface area contributed by atoms with Crippen molar-refractivity contribution in [1.82, 2.24) is 0 Å². The average molecular weight is 286 g/mol. The van der Waals surface area contributed by atoms with Crippen molar-refractivity contribution in [2.45, 2.75) is 5.25 Å². The number of sulfone groups is 1. The first-order valence-electron chi connectivity index (χ1n) is 3.96. The van der Waals surface area contributed by atoms with Gasteiger partial charge in [0.2, 0.25) is 5.91 Å². The van der Waals surface area contributed by atoms with Gasteiger partial charge in [0, 0.05) is 6.26 Å². The van der Waals surface area contributed by atoms with E-state index in [-0.39, 0.29) is 24.8 Å². The molecule has 0 fully saturated rings. The molecule has 2 N–H and O–H groups in total. The van der Waals surface area contributed by atoms with Gasteiger partial charge in [0.15, 0.2) is 15.1 Å². The molecule has 0 bridgehead atoms. The molecule has 0 aliphatic heterocycles. The number of benzene rings is 1. The summed E-state index contributed by atoms with van der Waals surface area (Å²) < 4.78 is 22.5. The van der Waals surface area contributed by atoms with E-state index in [9.17, 15) is 13.2 Å². The molecule has 16 heavy (non-hydrogen) atoms. The van der Waals surface area contributed by atoms with Crippen LogP contribution in [0.5, 0.6) is 0 Å². The molecule has 1 aromatic carbocycles. The maximum Gasteiger partial charge on any atom is 0.240 e. The van der Waals surface area contributed by atoms with E-state index in [0.717, 1.165) is 6.26 Å². The lowest BCUT2D eigenvalue weighted by Crippen LogP contribution is -2.27. The van der Waals surface area contributed by atoms with Gasteiger partial charge in [-0.05, 0) is 5.56 Å². The second kappa shape index (κ2) is 6.73. The van der Waals surface area contributed by atoms with Crippen LogP contribution in [0.4, 0.5) is 0 Å². The second-order valence-corrected chi connectivity index (χ2v) is 5.15. The van der Waals surface area contributed by atoms with Crippen LogP contribution in [0, 0.1) is 0 Å². The number of hydrogen-bond acceptors (Lipinski definition) is 3. The Morgan fingerprint density at radius 3 is 1.94 bits per heavy atom. The van der Waals surface area contributed by atoms with Crippen molar-refractivity contribution in [2.75, 3.05) is 6.26 Å². The molecule has 0 aliphatic rings. The summed E-state index contributed by atoms with van der Waals surface area (Å²) in [6.45, 7) is 0. The summed E-state index contributed by atoms with van der Waals surface area (Å²) in [5.74, 6) is -0.848. The maximum absolute atomic E-state index is 11.3. The van der Waals surface area contributed by atoms with Crippen LogP contribution in [0.3, 0.4) is 0 Å². The molecule has 1 amide bonds. The van der Waals surface area contributed by atoms with Gasteiger partial charge in [-0.25, -0.2) is 8.42 Å². The first-order valence-corrected chi connectivity index (χ1v) is 5.91. The standard InChI is InChI=1S/C9H11NO3S.2ClH/c1-14(12,13)8(9(10)11)7-5-3-2-4-6-7;;/h2-6,8H,1H3,(H2,10,11);2*1H. The fraction of sp³-hybridized carbons (Fsp3) is 0.222. The lowest BCUT2D eigenvalue weighted by molar-refractivity contribution is -0.117. The molecule has 0 spiro atoms. The van der Waals surface area contributed by atoms with E-state index >= 15 is 0 Å². The van der Waals surface area contributed by atoms with Crippen LogP contribution in [0.15, 0.2) is 30.3 Å². The van der Waals surface area contributed by atoms with Gasteiger partial charge in [0.1, 0.15) is 0 Å². The summed E-state index contributed by atoms with van der Waals surface area (Å²) in [5, 5.41) is -1.25. The SMILES string of the molecule is CS(=O)(=O)C(C(N)=O)c1ccccc1.Cl.Cl. The molecule has 0 saturated heterocycles. The van der Waals surface area contributed by atoms with Crippen molar-refractivity contribution in [3.05, 3.63) is 35.9 Å². The lowest BCUT2D eigenvalue weighted by Gasteiger charge is -2.10. The Hall–Kier alpha value is -0.780. The fourth-order valence-electron chi connectivity index (χ4n) is 1.25. The van der Waals surface area contributed by atoms with Crippen molar-refractivity contribution in [1.29, 1.82) is 0 Å². The predicted octanol–water partition coefficient (Wildman–Crippen LogP) is 1.10. The minimum Gasteiger partial charge on any atom is -0.368 e. The van der Waals surface area contributed by atoms with Crippen LogP contribution in [0.2, 0.25) is 0 Å². The number of carbonyl (C=O) groups excluding carboxylic acids is 1. The van der Waals surface area contributed by atoms with Gasteiger partial charge < -0.3 is 5.73 Å². The molecule has 0 heterocycles. The second-order valence-electron chi connectivity index (χ2n) is 3.02. The molecule has 0 aromatic heterocycles. The number of hydrogen-bond donors (Lipinski definition) is 1. The van der Waals surface area contributed by atoms with Crippen molar-refractivity contribution in [3.63, 3.8) is 0 Å². The molecule has 1 atom stereocenters. The molecule has 1 aromatic rings. The molecule has 7 heteroatoms. The van der Waals surface area contributed by atoms with Gasteiger partial charge in [-0.2, -0.15) is 0 Å². The van der Waals surface area contributed by atoms with Crippen molar-refractivity contribution in [3.8, 4) is 0 Å². The van der Waals surface area contributed by atoms with Crippen LogP contribution in [0.25, 0.3) is 0 Å². The smallest absolute Gasteiger partial charge is 0.240 e. The molecule has 4 nitrogen and oxygen atoms in total. The third-order valence-electron chi connectivity index (χ3n) is 1.79. The fourth-order valence-corrected chi connectivity index (χ4v) is 2.32. The molecular weight excluding hydrogens is 273 g/mol. The Kier molecular flexibility index (Phi) is 7.40. The Labute approximate surface area is 107 Å². The highest BCUT2D eigenvalue weighted by Gasteiger charge is 2.28. The molecular formula is C9H13Cl2NO3S. The number of carbonyl (C=O) groups is 1. The van der Waals surface area contributed by atoms with E-state index in [4.69, 9.17) is 5.73 Å². The third-order valence-corrected chi connectivity index (χ3v) is 3.15. The highest BCUT2D eigenvalue weighted by Crippen LogP contribution is 2.20. The van der Waals surface area contributed by atoms with E-state index in [1.165, 1.54) is 0 Å². The Morgan fingerprint density at radius 1 is 1.19 bits per heavy atom. The molecule has 1 unspecified atom stereocenters. The summed E-state index contributed by atoms with van der Waals surface area (Å²) in [6, 6.07) is 8.20. The highest BCUT2D eigenvalue weighted by atomic mass is 35.5. The molecule has 1 rings (SSSR count). The number of amides is 1. The van der Waals surface area contributed by atoms with E-state index < -0.39 is 21.0 Å². The Morgan fingerprint density at radius 2 is 1.62 bits per heavy atom. The number of rotatable bonds is 3. The zero-order chi connectivity index (χ0) is 10.8. The maximum atomic E-state index is 11.3. The summed E-state index contributed by atoms with van der Waals surface area (Å²) in [4.78, 5) is 11.0. The topological polar surface area (TPSA) is 77.2 Å². The minimum absolute atomic E-state index is 0. The third kappa shape index (κ3) is 4.38. The normalized spacial score (nSPS) is 11.8. The van der Waals surface area contributed by atoms with Crippen molar-refractivity contribution >= 4 is 40.6 Å². The average Bonchev–Trinajstić information content (AvgIpc) is 2.02. The van der Waals surface area contributed by atoms with Gasteiger partial charge in [0.05, 0.1) is 0 Å². The van der Waals surface area contributed by atoms with E-state index in [1.807, 2.05) is 0 Å². The van der Waals surface area contributed by atoms with Gasteiger partial charge >= 0.3 is 0 Å². The quantitative estimate of drug-likeness (QED) is 0.904. The van der Waals surface area contributed by atoms with E-state index in [1.54, 1.807) is 30.3 Å². The summed E-state index contributed by atoms with van der Waals surface area (Å²) in [6.07, 6.45) is 0.995. The Balaban J connectivity index is 0. The predicted molar refractivity (Wildman–Crippen MR) is 67.7 cm³/mol. The zero-order valence-corrected chi connectivity index (χ0v) is 10.9. The number of halogens is 2. The van der Waals surface area contributed by atoms with Gasteiger partial charge in [-0.15, -0.1) is 24.8 Å². The summed E-state index contributed by atoms with van der Waals surface area (Å²) in [7, 11) is -3.49. The molecule has 92 valence electrons. The van der Waals surface area contributed by atoms with Crippen LogP contribution >= 0.6 is 24.8 Å². The van der Waals surface area contributed by atoms with Gasteiger partial charge in [-0.1, -0.05) is 30.3 Å². The minimum atomic E-state index is -3.49. The number of primary amides is 1. The van der Waals surface area contributed by atoms with Crippen LogP contribution in [0.1, 0.15) is 10.8 Å². The monoisotopic (exact) mass is 285 g/mol.